The molecule has 5 aromatic rings. The summed E-state index contributed by atoms with van der Waals surface area (Å²) in [5, 5.41) is 4.66. The van der Waals surface area contributed by atoms with E-state index in [9.17, 15) is 0 Å². The minimum atomic E-state index is -2.29. The third kappa shape index (κ3) is 4.25. The van der Waals surface area contributed by atoms with E-state index in [-0.39, 0.29) is 12.4 Å². The third-order valence-corrected chi connectivity index (χ3v) is 10.5. The summed E-state index contributed by atoms with van der Waals surface area (Å²) in [6, 6.07) is 42.5. The maximum Gasteiger partial charge on any atom is 0.251 e. The lowest BCUT2D eigenvalue weighted by Crippen LogP contribution is -3.00. The lowest BCUT2D eigenvalue weighted by Gasteiger charge is -2.25. The zero-order valence-corrected chi connectivity index (χ0v) is 20.6. The normalized spacial score (nSPS) is 11.1. The van der Waals surface area contributed by atoms with Gasteiger partial charge in [0, 0.05) is 5.56 Å². The molecule has 0 N–H and O–H groups in total. The monoisotopic (exact) mass is 487 g/mol. The van der Waals surface area contributed by atoms with E-state index in [2.05, 4.69) is 97.3 Å². The van der Waals surface area contributed by atoms with Crippen LogP contribution in [0.4, 0.5) is 0 Å². The van der Waals surface area contributed by atoms with Crippen LogP contribution in [0.3, 0.4) is 0 Å². The smallest absolute Gasteiger partial charge is 0.251 e. The van der Waals surface area contributed by atoms with Gasteiger partial charge < -0.3 is 16.8 Å². The van der Waals surface area contributed by atoms with Crippen LogP contribution in [0.15, 0.2) is 131 Å². The Bertz CT molecular complexity index is 1200. The lowest BCUT2D eigenvalue weighted by atomic mass is 10.2. The minimum Gasteiger partial charge on any atom is -1.00 e. The first-order chi connectivity index (χ1) is 15.8. The van der Waals surface area contributed by atoms with Gasteiger partial charge in [-0.1, -0.05) is 84.6 Å². The summed E-state index contributed by atoms with van der Waals surface area (Å²) in [6.45, 7) is 0. The van der Waals surface area contributed by atoms with E-state index in [0.717, 1.165) is 16.1 Å². The van der Waals surface area contributed by atoms with E-state index < -0.39 is 7.26 Å². The predicted molar refractivity (Wildman–Crippen MR) is 139 cm³/mol. The molecule has 0 aliphatic carbocycles. The maximum absolute atomic E-state index is 6.40. The number of oxazole rings is 1. The molecule has 0 saturated heterocycles. The molecule has 0 fully saturated rings. The van der Waals surface area contributed by atoms with Gasteiger partial charge in [0.1, 0.15) is 15.9 Å². The van der Waals surface area contributed by atoms with Gasteiger partial charge in [-0.2, -0.15) is 4.98 Å². The Morgan fingerprint density at radius 1 is 0.606 bits per heavy atom. The second-order valence-corrected chi connectivity index (χ2v) is 11.5. The number of rotatable bonds is 6. The summed E-state index contributed by atoms with van der Waals surface area (Å²) in [5.74, 6) is 0.664. The highest BCUT2D eigenvalue weighted by molar-refractivity contribution is 8.04. The van der Waals surface area contributed by atoms with E-state index in [4.69, 9.17) is 9.40 Å². The SMILES string of the molecule is CSc1oc(-c2ccccc2)nc1[P+](c1ccccc1)(c1ccccc1)c1ccccc1.[Cl-]. The number of benzene rings is 4. The van der Waals surface area contributed by atoms with Gasteiger partial charge in [0.05, 0.1) is 0 Å². The van der Waals surface area contributed by atoms with Gasteiger partial charge in [-0.05, 0) is 54.8 Å². The molecule has 1 heterocycles. The Morgan fingerprint density at radius 2 is 1.00 bits per heavy atom. The van der Waals surface area contributed by atoms with Crippen molar-refractivity contribution in [2.45, 2.75) is 5.09 Å². The summed E-state index contributed by atoms with van der Waals surface area (Å²) in [6.07, 6.45) is 2.06. The first-order valence-corrected chi connectivity index (χ1v) is 13.5. The van der Waals surface area contributed by atoms with Gasteiger partial charge in [0.25, 0.3) is 5.44 Å². The Balaban J connectivity index is 0.00000259. The number of hydrogen-bond acceptors (Lipinski definition) is 3. The molecular weight excluding hydrogens is 465 g/mol. The predicted octanol–water partition coefficient (Wildman–Crippen LogP) is 2.69. The number of thioether (sulfide) groups is 1. The second-order valence-electron chi connectivity index (χ2n) is 7.38. The van der Waals surface area contributed by atoms with E-state index in [0.29, 0.717) is 5.89 Å². The Hall–Kier alpha value is -2.84. The summed E-state index contributed by atoms with van der Waals surface area (Å²) in [5.41, 5.74) is 2.01. The molecule has 0 atom stereocenters. The minimum absolute atomic E-state index is 0. The molecule has 164 valence electrons. The van der Waals surface area contributed by atoms with Crippen LogP contribution in [0, 0.1) is 0 Å². The fourth-order valence-electron chi connectivity index (χ4n) is 4.12. The quantitative estimate of drug-likeness (QED) is 0.272. The van der Waals surface area contributed by atoms with Crippen molar-refractivity contribution in [2.24, 2.45) is 0 Å². The third-order valence-electron chi connectivity index (χ3n) is 5.53. The number of aromatic nitrogens is 1. The molecule has 0 aliphatic heterocycles. The van der Waals surface area contributed by atoms with E-state index >= 15 is 0 Å². The maximum atomic E-state index is 6.40. The van der Waals surface area contributed by atoms with Crippen LogP contribution in [-0.4, -0.2) is 11.2 Å². The van der Waals surface area contributed by atoms with Crippen LogP contribution in [0.1, 0.15) is 0 Å². The van der Waals surface area contributed by atoms with Crippen molar-refractivity contribution in [2.75, 3.05) is 6.26 Å². The van der Waals surface area contributed by atoms with Crippen molar-refractivity contribution in [1.82, 2.24) is 4.98 Å². The Labute approximate surface area is 205 Å². The second kappa shape index (κ2) is 10.4. The van der Waals surface area contributed by atoms with Gasteiger partial charge in [-0.25, -0.2) is 0 Å². The van der Waals surface area contributed by atoms with Crippen molar-refractivity contribution in [3.05, 3.63) is 121 Å². The topological polar surface area (TPSA) is 26.0 Å². The Kier molecular flexibility index (Phi) is 7.35. The molecule has 33 heavy (non-hydrogen) atoms. The summed E-state index contributed by atoms with van der Waals surface area (Å²) in [4.78, 5) is 5.21. The molecule has 0 radical (unpaired) electrons. The summed E-state index contributed by atoms with van der Waals surface area (Å²) < 4.78 is 6.40. The van der Waals surface area contributed by atoms with Crippen LogP contribution in [0.5, 0.6) is 0 Å². The molecule has 0 spiro atoms. The van der Waals surface area contributed by atoms with Gasteiger partial charge in [-0.3, -0.25) is 0 Å². The largest absolute Gasteiger partial charge is 1.00 e. The van der Waals surface area contributed by atoms with Gasteiger partial charge in [0.2, 0.25) is 11.0 Å². The molecule has 2 nitrogen and oxygen atoms in total. The van der Waals surface area contributed by atoms with E-state index in [1.807, 2.05) is 30.3 Å². The highest BCUT2D eigenvalue weighted by Gasteiger charge is 2.52. The molecular formula is C28H23ClNOPS. The molecule has 4 aromatic carbocycles. The van der Waals surface area contributed by atoms with Crippen LogP contribution in [0.25, 0.3) is 11.5 Å². The molecule has 1 aromatic heterocycles. The molecule has 5 heteroatoms. The standard InChI is InChI=1S/C28H23NOPS.ClH/c1-32-28-27(29-26(30-28)22-14-6-2-7-15-22)31(23-16-8-3-9-17-23,24-18-10-4-11-19-24)25-20-12-5-13-21-25;/h2-21H,1H3;1H/q+1;/p-1. The van der Waals surface area contributed by atoms with Crippen LogP contribution < -0.4 is 33.8 Å². The van der Waals surface area contributed by atoms with E-state index in [1.54, 1.807) is 11.8 Å². The lowest BCUT2D eigenvalue weighted by molar-refractivity contribution is -0.00000664. The summed E-state index contributed by atoms with van der Waals surface area (Å²) in [7, 11) is -2.29. The van der Waals surface area contributed by atoms with Crippen LogP contribution >= 0.6 is 19.0 Å². The fraction of sp³-hybridized carbons (Fsp3) is 0.0357. The van der Waals surface area contributed by atoms with Crippen molar-refractivity contribution in [3.63, 3.8) is 0 Å². The van der Waals surface area contributed by atoms with Crippen molar-refractivity contribution < 1.29 is 16.8 Å². The number of halogens is 1. The van der Waals surface area contributed by atoms with Crippen LogP contribution in [0.2, 0.25) is 0 Å². The highest BCUT2D eigenvalue weighted by Crippen LogP contribution is 2.55. The highest BCUT2D eigenvalue weighted by atomic mass is 35.5. The molecule has 0 saturated carbocycles. The number of hydrogen-bond donors (Lipinski definition) is 0. The van der Waals surface area contributed by atoms with Crippen molar-refractivity contribution in [1.29, 1.82) is 0 Å². The van der Waals surface area contributed by atoms with E-state index in [1.165, 1.54) is 15.9 Å². The number of nitrogens with zero attached hydrogens (tertiary/aromatic N) is 1. The van der Waals surface area contributed by atoms with Crippen molar-refractivity contribution in [3.8, 4) is 11.5 Å². The Morgan fingerprint density at radius 3 is 1.39 bits per heavy atom. The first kappa shape index (κ1) is 23.3. The van der Waals surface area contributed by atoms with Crippen molar-refractivity contribution >= 4 is 40.4 Å². The average Bonchev–Trinajstić information content (AvgIpc) is 3.32. The molecule has 0 unspecified atom stereocenters. The summed E-state index contributed by atoms with van der Waals surface area (Å²) >= 11 is 1.62. The first-order valence-electron chi connectivity index (χ1n) is 10.5. The fourth-order valence-corrected chi connectivity index (χ4v) is 9.24. The van der Waals surface area contributed by atoms with Crippen LogP contribution in [-0.2, 0) is 0 Å². The average molecular weight is 488 g/mol. The molecule has 5 rings (SSSR count). The van der Waals surface area contributed by atoms with Gasteiger partial charge in [-0.15, -0.1) is 0 Å². The zero-order valence-electron chi connectivity index (χ0n) is 18.1. The van der Waals surface area contributed by atoms with Gasteiger partial charge >= 0.3 is 0 Å². The van der Waals surface area contributed by atoms with Gasteiger partial charge in [0.15, 0.2) is 7.26 Å². The molecule has 0 amide bonds. The molecule has 0 aliphatic rings. The molecule has 0 bridgehead atoms. The zero-order chi connectivity index (χ0) is 21.8.